The summed E-state index contributed by atoms with van der Waals surface area (Å²) in [6, 6.07) is 8.04. The monoisotopic (exact) mass is 280 g/mol. The Hall–Kier alpha value is -0.670. The third-order valence-corrected chi connectivity index (χ3v) is 4.42. The highest BCUT2D eigenvalue weighted by Gasteiger charge is 2.15. The molecule has 0 aliphatic carbocycles. The Labute approximate surface area is 114 Å². The third-order valence-electron chi connectivity index (χ3n) is 2.72. The van der Waals surface area contributed by atoms with Gasteiger partial charge in [0.1, 0.15) is 0 Å². The molecule has 0 saturated heterocycles. The minimum absolute atomic E-state index is 0.0936. The van der Waals surface area contributed by atoms with Gasteiger partial charge in [0.15, 0.2) is 0 Å². The third kappa shape index (κ3) is 3.66. The maximum absolute atomic E-state index is 9.13. The Morgan fingerprint density at radius 2 is 2.22 bits per heavy atom. The minimum Gasteiger partial charge on any atom is -0.392 e. The average molecular weight is 280 g/mol. The number of hydrogen-bond acceptors (Lipinski definition) is 4. The lowest BCUT2D eigenvalue weighted by atomic mass is 10.1. The first-order chi connectivity index (χ1) is 8.69. The van der Waals surface area contributed by atoms with Crippen LogP contribution in [0, 0.1) is 0 Å². The van der Waals surface area contributed by atoms with Crippen molar-refractivity contribution in [1.29, 1.82) is 0 Å². The molecular weight excluding hydrogens is 263 g/mol. The van der Waals surface area contributed by atoms with E-state index in [2.05, 4.69) is 37.7 Å². The van der Waals surface area contributed by atoms with Crippen LogP contribution in [0.3, 0.4) is 0 Å². The molecule has 18 heavy (non-hydrogen) atoms. The van der Waals surface area contributed by atoms with Crippen molar-refractivity contribution in [3.63, 3.8) is 0 Å². The summed E-state index contributed by atoms with van der Waals surface area (Å²) in [4.78, 5) is 6.54. The van der Waals surface area contributed by atoms with E-state index in [0.717, 1.165) is 17.5 Å². The standard InChI is InChI=1S/C13H17N2OPS/c1-15(13-6-14-12(17)9-18-13)7-10-3-2-4-11(5-10)8-16/h2-6,9,13,16H,7-8,17H2,1H3. The molecule has 3 nitrogen and oxygen atoms in total. The van der Waals surface area contributed by atoms with E-state index in [9.17, 15) is 0 Å². The van der Waals surface area contributed by atoms with E-state index in [1.54, 1.807) is 11.8 Å². The molecule has 2 unspecified atom stereocenters. The van der Waals surface area contributed by atoms with Crippen LogP contribution in [0.4, 0.5) is 0 Å². The van der Waals surface area contributed by atoms with E-state index in [4.69, 9.17) is 5.11 Å². The van der Waals surface area contributed by atoms with Crippen molar-refractivity contribution in [2.24, 2.45) is 4.99 Å². The van der Waals surface area contributed by atoms with Gasteiger partial charge in [0.25, 0.3) is 0 Å². The lowest BCUT2D eigenvalue weighted by Gasteiger charge is -2.25. The summed E-state index contributed by atoms with van der Waals surface area (Å²) >= 11 is 1.75. The van der Waals surface area contributed by atoms with Crippen molar-refractivity contribution in [3.05, 3.63) is 46.2 Å². The predicted molar refractivity (Wildman–Crippen MR) is 81.5 cm³/mol. The molecule has 1 heterocycles. The van der Waals surface area contributed by atoms with Gasteiger partial charge in [0.2, 0.25) is 0 Å². The molecular formula is C13H17N2OPS. The zero-order valence-electron chi connectivity index (χ0n) is 10.3. The predicted octanol–water partition coefficient (Wildman–Crippen LogP) is 2.43. The Balaban J connectivity index is 1.98. The summed E-state index contributed by atoms with van der Waals surface area (Å²) in [6.45, 7) is 0.938. The number of benzene rings is 1. The fourth-order valence-electron chi connectivity index (χ4n) is 1.78. The van der Waals surface area contributed by atoms with E-state index in [0.29, 0.717) is 0 Å². The number of aliphatic hydroxyl groups excluding tert-OH is 1. The number of rotatable bonds is 4. The molecule has 1 aromatic carbocycles. The number of hydrogen-bond donors (Lipinski definition) is 1. The summed E-state index contributed by atoms with van der Waals surface area (Å²) in [5, 5.41) is 11.4. The molecule has 96 valence electrons. The molecule has 0 amide bonds. The molecule has 0 fully saturated rings. The Kier molecular flexibility index (Phi) is 4.95. The first-order valence-electron chi connectivity index (χ1n) is 5.73. The highest BCUT2D eigenvalue weighted by atomic mass is 32.2. The van der Waals surface area contributed by atoms with Crippen LogP contribution in [0.25, 0.3) is 0 Å². The van der Waals surface area contributed by atoms with Gasteiger partial charge in [-0.25, -0.2) is 0 Å². The number of thioether (sulfide) groups is 1. The van der Waals surface area contributed by atoms with Crippen molar-refractivity contribution < 1.29 is 5.11 Å². The smallest absolute Gasteiger partial charge is 0.0959 e. The molecule has 1 N–H and O–H groups in total. The SMILES string of the molecule is CN(Cc1cccc(CO)c1)C1C=NC(P)=CS1. The second-order valence-corrected chi connectivity index (χ2v) is 5.82. The lowest BCUT2D eigenvalue weighted by molar-refractivity contribution is 0.281. The zero-order valence-corrected chi connectivity index (χ0v) is 12.3. The Bertz CT molecular complexity index is 476. The van der Waals surface area contributed by atoms with E-state index in [1.165, 1.54) is 5.56 Å². The normalized spacial score (nSPS) is 19.1. The molecule has 2 rings (SSSR count). The molecule has 0 saturated carbocycles. The van der Waals surface area contributed by atoms with Crippen molar-refractivity contribution in [1.82, 2.24) is 4.90 Å². The second-order valence-electron chi connectivity index (χ2n) is 4.24. The molecule has 1 aliphatic rings. The van der Waals surface area contributed by atoms with Crippen LogP contribution < -0.4 is 0 Å². The van der Waals surface area contributed by atoms with Gasteiger partial charge < -0.3 is 5.11 Å². The molecule has 5 heteroatoms. The quantitative estimate of drug-likeness (QED) is 0.860. The van der Waals surface area contributed by atoms with E-state index in [-0.39, 0.29) is 12.0 Å². The number of aliphatic hydroxyl groups is 1. The van der Waals surface area contributed by atoms with Crippen LogP contribution in [0.15, 0.2) is 40.1 Å². The zero-order chi connectivity index (χ0) is 13.0. The second kappa shape index (κ2) is 6.48. The number of nitrogens with zero attached hydrogens (tertiary/aromatic N) is 2. The molecule has 0 aromatic heterocycles. The maximum atomic E-state index is 9.13. The summed E-state index contributed by atoms with van der Waals surface area (Å²) in [6.07, 6.45) is 1.96. The van der Waals surface area contributed by atoms with E-state index >= 15 is 0 Å². The summed E-state index contributed by atoms with van der Waals surface area (Å²) in [5.74, 6) is 0. The van der Waals surface area contributed by atoms with Crippen LogP contribution in [0.1, 0.15) is 11.1 Å². The van der Waals surface area contributed by atoms with E-state index < -0.39 is 0 Å². The first-order valence-corrected chi connectivity index (χ1v) is 7.25. The lowest BCUT2D eigenvalue weighted by Crippen LogP contribution is -2.30. The van der Waals surface area contributed by atoms with Crippen LogP contribution in [0.5, 0.6) is 0 Å². The van der Waals surface area contributed by atoms with Crippen molar-refractivity contribution in [2.45, 2.75) is 18.5 Å². The highest BCUT2D eigenvalue weighted by molar-refractivity contribution is 8.03. The van der Waals surface area contributed by atoms with Crippen LogP contribution in [-0.2, 0) is 13.2 Å². The van der Waals surface area contributed by atoms with Gasteiger partial charge in [-0.05, 0) is 23.6 Å². The Morgan fingerprint density at radius 3 is 2.89 bits per heavy atom. The van der Waals surface area contributed by atoms with Gasteiger partial charge in [0, 0.05) is 12.8 Å². The summed E-state index contributed by atoms with van der Waals surface area (Å²) in [7, 11) is 4.68. The fourth-order valence-corrected chi connectivity index (χ4v) is 2.85. The molecule has 1 aliphatic heterocycles. The first kappa shape index (κ1) is 13.8. The van der Waals surface area contributed by atoms with Crippen LogP contribution in [-0.4, -0.2) is 28.6 Å². The molecule has 1 aromatic rings. The van der Waals surface area contributed by atoms with Gasteiger partial charge in [0.05, 0.1) is 17.4 Å². The average Bonchev–Trinajstić information content (AvgIpc) is 2.39. The molecule has 0 bridgehead atoms. The van der Waals surface area contributed by atoms with Crippen molar-refractivity contribution in [3.8, 4) is 0 Å². The topological polar surface area (TPSA) is 35.8 Å². The maximum Gasteiger partial charge on any atom is 0.0959 e. The highest BCUT2D eigenvalue weighted by Crippen LogP contribution is 2.25. The fraction of sp³-hybridized carbons (Fsp3) is 0.308. The van der Waals surface area contributed by atoms with Gasteiger partial charge in [-0.3, -0.25) is 9.89 Å². The largest absolute Gasteiger partial charge is 0.392 e. The summed E-state index contributed by atoms with van der Waals surface area (Å²) < 4.78 is 0. The van der Waals surface area contributed by atoms with Gasteiger partial charge in [-0.2, -0.15) is 0 Å². The van der Waals surface area contributed by atoms with E-state index in [1.807, 2.05) is 24.4 Å². The minimum atomic E-state index is 0.0936. The molecule has 0 spiro atoms. The number of aliphatic imine (C=N–C) groups is 1. The van der Waals surface area contributed by atoms with Gasteiger partial charge >= 0.3 is 0 Å². The van der Waals surface area contributed by atoms with Gasteiger partial charge in [-0.15, -0.1) is 11.8 Å². The molecule has 2 atom stereocenters. The molecule has 0 radical (unpaired) electrons. The van der Waals surface area contributed by atoms with Crippen molar-refractivity contribution in [2.75, 3.05) is 7.05 Å². The van der Waals surface area contributed by atoms with Gasteiger partial charge in [-0.1, -0.05) is 33.5 Å². The van der Waals surface area contributed by atoms with Crippen molar-refractivity contribution >= 4 is 27.2 Å². The summed E-state index contributed by atoms with van der Waals surface area (Å²) in [5.41, 5.74) is 3.14. The van der Waals surface area contributed by atoms with Crippen LogP contribution >= 0.6 is 21.0 Å². The Morgan fingerprint density at radius 1 is 1.44 bits per heavy atom. The van der Waals surface area contributed by atoms with Crippen LogP contribution in [0.2, 0.25) is 0 Å².